The van der Waals surface area contributed by atoms with E-state index in [9.17, 15) is 18.4 Å². The van der Waals surface area contributed by atoms with Crippen molar-refractivity contribution in [1.29, 1.82) is 5.26 Å². The van der Waals surface area contributed by atoms with E-state index in [4.69, 9.17) is 11.0 Å². The molecule has 28 heavy (non-hydrogen) atoms. The number of carbonyl (C=O) groups is 2. The van der Waals surface area contributed by atoms with Crippen LogP contribution in [0.5, 0.6) is 0 Å². The van der Waals surface area contributed by atoms with Crippen molar-refractivity contribution in [3.63, 3.8) is 0 Å². The monoisotopic (exact) mass is 389 g/mol. The van der Waals surface area contributed by atoms with Gasteiger partial charge in [0.1, 0.15) is 17.7 Å². The van der Waals surface area contributed by atoms with Crippen molar-refractivity contribution < 1.29 is 18.4 Å². The van der Waals surface area contributed by atoms with Gasteiger partial charge in [0.15, 0.2) is 0 Å². The third kappa shape index (κ3) is 3.12. The first kappa shape index (κ1) is 18.8. The maximum atomic E-state index is 13.5. The van der Waals surface area contributed by atoms with Gasteiger partial charge in [-0.3, -0.25) is 14.5 Å². The maximum absolute atomic E-state index is 13.5. The summed E-state index contributed by atoms with van der Waals surface area (Å²) in [6.45, 7) is 1.22. The molecule has 3 aliphatic rings. The number of nitrogens with zero attached hydrogens (tertiary/aromatic N) is 4. The first-order valence-corrected chi connectivity index (χ1v) is 9.38. The number of hydrogen-bond donors (Lipinski definition) is 1. The average Bonchev–Trinajstić information content (AvgIpc) is 3.34. The molecule has 0 saturated carbocycles. The number of amides is 2. The zero-order valence-electron chi connectivity index (χ0n) is 15.2. The molecule has 2 N–H and O–H groups in total. The van der Waals surface area contributed by atoms with Crippen LogP contribution in [-0.4, -0.2) is 65.4 Å². The molecular formula is C19H21F2N5O2. The van der Waals surface area contributed by atoms with Crippen LogP contribution in [0.1, 0.15) is 19.3 Å². The number of nitrogens with two attached hydrogens (primary N) is 1. The summed E-state index contributed by atoms with van der Waals surface area (Å²) in [6, 6.07) is 3.27. The van der Waals surface area contributed by atoms with Crippen molar-refractivity contribution in [2.75, 3.05) is 24.5 Å². The number of piperazine rings is 1. The number of fused-ring (bicyclic) bond motifs is 2. The van der Waals surface area contributed by atoms with E-state index in [0.717, 1.165) is 24.6 Å². The van der Waals surface area contributed by atoms with E-state index in [0.29, 0.717) is 25.9 Å². The van der Waals surface area contributed by atoms with Gasteiger partial charge >= 0.3 is 0 Å². The number of likely N-dealkylation sites (tertiary alicyclic amines) is 2. The Bertz CT molecular complexity index is 837. The van der Waals surface area contributed by atoms with Crippen LogP contribution in [-0.2, 0) is 9.59 Å². The van der Waals surface area contributed by atoms with Crippen molar-refractivity contribution >= 4 is 17.5 Å². The fourth-order valence-corrected chi connectivity index (χ4v) is 4.59. The molecule has 1 aromatic rings. The van der Waals surface area contributed by atoms with E-state index in [1.165, 1.54) is 9.80 Å². The minimum Gasteiger partial charge on any atom is -0.325 e. The van der Waals surface area contributed by atoms with Gasteiger partial charge in [-0.2, -0.15) is 5.26 Å². The van der Waals surface area contributed by atoms with Gasteiger partial charge < -0.3 is 15.5 Å². The Hall–Kier alpha value is -2.57. The number of nitriles is 1. The van der Waals surface area contributed by atoms with Gasteiger partial charge in [-0.25, -0.2) is 8.78 Å². The molecule has 0 aliphatic carbocycles. The highest BCUT2D eigenvalue weighted by atomic mass is 19.1. The standard InChI is InChI=1S/C19H21F2N5O2/c20-11-4-12(21)6-14(5-11)26-15-7-17(19(26)28)24(9-15)10-16(23)18(27)25-3-1-2-13(25)8-22/h4-6,13,15-17H,1-3,7,9-10,23H2/t13-,15?,16-,17-/m0/s1. The summed E-state index contributed by atoms with van der Waals surface area (Å²) in [5.74, 6) is -1.97. The zero-order valence-corrected chi connectivity index (χ0v) is 15.2. The van der Waals surface area contributed by atoms with Crippen LogP contribution in [0.25, 0.3) is 0 Å². The molecule has 0 aromatic heterocycles. The summed E-state index contributed by atoms with van der Waals surface area (Å²) in [6.07, 6.45) is 1.96. The Balaban J connectivity index is 1.43. The van der Waals surface area contributed by atoms with Gasteiger partial charge in [0, 0.05) is 31.4 Å². The number of anilines is 1. The first-order chi connectivity index (χ1) is 13.4. The highest BCUT2D eigenvalue weighted by molar-refractivity contribution is 6.01. The zero-order chi connectivity index (χ0) is 20.0. The lowest BCUT2D eigenvalue weighted by molar-refractivity contribution is -0.134. The third-order valence-corrected chi connectivity index (χ3v) is 5.83. The maximum Gasteiger partial charge on any atom is 0.244 e. The molecular weight excluding hydrogens is 368 g/mol. The van der Waals surface area contributed by atoms with E-state index in [-0.39, 0.29) is 30.1 Å². The van der Waals surface area contributed by atoms with E-state index in [2.05, 4.69) is 6.07 Å². The molecule has 3 aliphatic heterocycles. The lowest BCUT2D eigenvalue weighted by Crippen LogP contribution is -2.56. The van der Waals surface area contributed by atoms with Gasteiger partial charge in [0.05, 0.1) is 24.2 Å². The lowest BCUT2D eigenvalue weighted by atomic mass is 10.1. The smallest absolute Gasteiger partial charge is 0.244 e. The summed E-state index contributed by atoms with van der Waals surface area (Å²) in [5.41, 5.74) is 6.30. The quantitative estimate of drug-likeness (QED) is 0.814. The van der Waals surface area contributed by atoms with Gasteiger partial charge in [0.25, 0.3) is 0 Å². The molecule has 7 nitrogen and oxygen atoms in total. The predicted octanol–water partition coefficient (Wildman–Crippen LogP) is 0.596. The van der Waals surface area contributed by atoms with Crippen LogP contribution in [0, 0.1) is 23.0 Å². The Morgan fingerprint density at radius 1 is 1.32 bits per heavy atom. The molecule has 4 rings (SSSR count). The highest BCUT2D eigenvalue weighted by Gasteiger charge is 2.50. The Morgan fingerprint density at radius 3 is 2.68 bits per heavy atom. The van der Waals surface area contributed by atoms with Gasteiger partial charge in [-0.1, -0.05) is 0 Å². The van der Waals surface area contributed by atoms with E-state index in [1.54, 1.807) is 0 Å². The first-order valence-electron chi connectivity index (χ1n) is 9.38. The minimum absolute atomic E-state index is 0.209. The second-order valence-corrected chi connectivity index (χ2v) is 7.62. The highest BCUT2D eigenvalue weighted by Crippen LogP contribution is 2.36. The lowest BCUT2D eigenvalue weighted by Gasteiger charge is -2.35. The molecule has 4 atom stereocenters. The molecule has 3 saturated heterocycles. The number of hydrogen-bond acceptors (Lipinski definition) is 5. The van der Waals surface area contributed by atoms with Crippen LogP contribution in [0.3, 0.4) is 0 Å². The Kier molecular flexibility index (Phi) is 4.77. The van der Waals surface area contributed by atoms with Gasteiger partial charge in [0.2, 0.25) is 11.8 Å². The SMILES string of the molecule is N#C[C@@H]1CCCN1C(=O)[C@@H](N)CN1CC2C[C@H]1C(=O)N2c1cc(F)cc(F)c1. The molecule has 3 fully saturated rings. The predicted molar refractivity (Wildman–Crippen MR) is 95.9 cm³/mol. The van der Waals surface area contributed by atoms with Gasteiger partial charge in [-0.05, 0) is 31.4 Å². The minimum atomic E-state index is -0.818. The van der Waals surface area contributed by atoms with Crippen LogP contribution >= 0.6 is 0 Å². The van der Waals surface area contributed by atoms with Crippen LogP contribution < -0.4 is 10.6 Å². The molecule has 148 valence electrons. The number of halogens is 2. The summed E-state index contributed by atoms with van der Waals surface area (Å²) in [5, 5.41) is 9.15. The summed E-state index contributed by atoms with van der Waals surface area (Å²) in [4.78, 5) is 30.2. The summed E-state index contributed by atoms with van der Waals surface area (Å²) < 4.78 is 27.1. The Morgan fingerprint density at radius 2 is 2.04 bits per heavy atom. The van der Waals surface area contributed by atoms with Crippen molar-refractivity contribution in [3.05, 3.63) is 29.8 Å². The topological polar surface area (TPSA) is 93.7 Å². The second-order valence-electron chi connectivity index (χ2n) is 7.62. The molecule has 0 radical (unpaired) electrons. The van der Waals surface area contributed by atoms with Crippen molar-refractivity contribution in [2.45, 2.75) is 43.4 Å². The van der Waals surface area contributed by atoms with Crippen LogP contribution in [0.4, 0.5) is 14.5 Å². The van der Waals surface area contributed by atoms with Crippen LogP contribution in [0.15, 0.2) is 18.2 Å². The molecule has 2 bridgehead atoms. The third-order valence-electron chi connectivity index (χ3n) is 5.83. The molecule has 3 heterocycles. The Labute approximate surface area is 161 Å². The number of carbonyl (C=O) groups excluding carboxylic acids is 2. The molecule has 1 aromatic carbocycles. The van der Waals surface area contributed by atoms with Crippen LogP contribution in [0.2, 0.25) is 0 Å². The second kappa shape index (κ2) is 7.11. The van der Waals surface area contributed by atoms with E-state index in [1.807, 2.05) is 4.90 Å². The van der Waals surface area contributed by atoms with Crippen molar-refractivity contribution in [2.24, 2.45) is 5.73 Å². The van der Waals surface area contributed by atoms with Crippen molar-refractivity contribution in [1.82, 2.24) is 9.80 Å². The molecule has 0 spiro atoms. The molecule has 9 heteroatoms. The van der Waals surface area contributed by atoms with E-state index >= 15 is 0 Å². The number of rotatable bonds is 4. The molecule has 2 amide bonds. The summed E-state index contributed by atoms with van der Waals surface area (Å²) in [7, 11) is 0. The van der Waals surface area contributed by atoms with Crippen molar-refractivity contribution in [3.8, 4) is 6.07 Å². The summed E-state index contributed by atoms with van der Waals surface area (Å²) >= 11 is 0. The van der Waals surface area contributed by atoms with E-state index < -0.39 is 29.8 Å². The molecule has 1 unspecified atom stereocenters. The fourth-order valence-electron chi connectivity index (χ4n) is 4.59. The normalized spacial score (nSPS) is 28.1. The number of benzene rings is 1. The van der Waals surface area contributed by atoms with Gasteiger partial charge in [-0.15, -0.1) is 0 Å². The largest absolute Gasteiger partial charge is 0.325 e. The fraction of sp³-hybridized carbons (Fsp3) is 0.526. The average molecular weight is 389 g/mol.